The van der Waals surface area contributed by atoms with E-state index < -0.39 is 0 Å². The zero-order chi connectivity index (χ0) is 18.1. The van der Waals surface area contributed by atoms with E-state index in [2.05, 4.69) is 17.1 Å². The number of hydrogen-bond acceptors (Lipinski definition) is 4. The first-order valence-corrected chi connectivity index (χ1v) is 9.35. The number of rotatable bonds is 9. The summed E-state index contributed by atoms with van der Waals surface area (Å²) in [4.78, 5) is 25.9. The normalized spacial score (nSPS) is 14.4. The predicted octanol–water partition coefficient (Wildman–Crippen LogP) is 3.46. The molecule has 1 aromatic rings. The van der Waals surface area contributed by atoms with Crippen molar-refractivity contribution in [3.63, 3.8) is 0 Å². The number of ether oxygens (including phenoxy) is 1. The number of carbonyl (C=O) groups excluding carboxylic acids is 2. The molecular formula is C20H31ClN2O3. The van der Waals surface area contributed by atoms with Crippen LogP contribution in [0, 0.1) is 0 Å². The van der Waals surface area contributed by atoms with Gasteiger partial charge in [-0.05, 0) is 70.0 Å². The summed E-state index contributed by atoms with van der Waals surface area (Å²) in [5.41, 5.74) is 0.680. The lowest BCUT2D eigenvalue weighted by molar-refractivity contribution is -0.134. The second-order valence-electron chi connectivity index (χ2n) is 6.60. The van der Waals surface area contributed by atoms with Gasteiger partial charge in [-0.2, -0.15) is 0 Å². The summed E-state index contributed by atoms with van der Waals surface area (Å²) in [5.74, 6) is 1.02. The van der Waals surface area contributed by atoms with Crippen LogP contribution in [0.2, 0.25) is 0 Å². The minimum Gasteiger partial charge on any atom is -0.494 e. The van der Waals surface area contributed by atoms with E-state index in [4.69, 9.17) is 4.74 Å². The fraction of sp³-hybridized carbons (Fsp3) is 0.600. The fourth-order valence-electron chi connectivity index (χ4n) is 3.21. The molecule has 6 heteroatoms. The molecule has 1 aliphatic rings. The van der Waals surface area contributed by atoms with Crippen LogP contribution in [0.4, 0.5) is 0 Å². The van der Waals surface area contributed by atoms with E-state index >= 15 is 0 Å². The van der Waals surface area contributed by atoms with Gasteiger partial charge in [-0.3, -0.25) is 9.59 Å². The van der Waals surface area contributed by atoms with Crippen molar-refractivity contribution in [3.05, 3.63) is 29.8 Å². The molecule has 1 aliphatic heterocycles. The molecular weight excluding hydrogens is 352 g/mol. The lowest BCUT2D eigenvalue weighted by Gasteiger charge is -2.34. The van der Waals surface area contributed by atoms with Crippen LogP contribution < -0.4 is 10.1 Å². The molecule has 0 aliphatic carbocycles. The van der Waals surface area contributed by atoms with Crippen LogP contribution in [0.15, 0.2) is 24.3 Å². The molecule has 5 nitrogen and oxygen atoms in total. The van der Waals surface area contributed by atoms with Crippen molar-refractivity contribution < 1.29 is 14.3 Å². The summed E-state index contributed by atoms with van der Waals surface area (Å²) in [5, 5.41) is 3.35. The molecule has 1 saturated heterocycles. The molecule has 0 radical (unpaired) electrons. The lowest BCUT2D eigenvalue weighted by atomic mass is 10.0. The summed E-state index contributed by atoms with van der Waals surface area (Å²) in [6.07, 6.45) is 4.32. The van der Waals surface area contributed by atoms with E-state index in [1.165, 1.54) is 0 Å². The maximum atomic E-state index is 12.6. The van der Waals surface area contributed by atoms with E-state index in [1.54, 1.807) is 31.2 Å². The minimum atomic E-state index is 0. The molecule has 0 bridgehead atoms. The van der Waals surface area contributed by atoms with Crippen molar-refractivity contribution in [2.24, 2.45) is 0 Å². The van der Waals surface area contributed by atoms with Gasteiger partial charge < -0.3 is 15.0 Å². The van der Waals surface area contributed by atoms with Crippen LogP contribution in [-0.2, 0) is 4.79 Å². The number of benzene rings is 1. The predicted molar refractivity (Wildman–Crippen MR) is 106 cm³/mol. The Bertz CT molecular complexity index is 557. The molecule has 1 amide bonds. The Morgan fingerprint density at radius 1 is 1.19 bits per heavy atom. The van der Waals surface area contributed by atoms with Crippen molar-refractivity contribution >= 4 is 24.1 Å². The number of piperidine rings is 1. The largest absolute Gasteiger partial charge is 0.494 e. The molecule has 0 unspecified atom stereocenters. The van der Waals surface area contributed by atoms with Crippen molar-refractivity contribution in [2.45, 2.75) is 52.0 Å². The topological polar surface area (TPSA) is 58.6 Å². The molecule has 2 rings (SSSR count). The molecule has 1 heterocycles. The third kappa shape index (κ3) is 6.96. The first kappa shape index (κ1) is 22.5. The summed E-state index contributed by atoms with van der Waals surface area (Å²) in [6.45, 7) is 7.02. The SMILES string of the molecule is CCCN(C(=O)CCCOc1ccc(C(C)=O)cc1)C1CCNCC1.Cl. The van der Waals surface area contributed by atoms with Gasteiger partial charge in [-0.1, -0.05) is 6.92 Å². The Morgan fingerprint density at radius 2 is 1.85 bits per heavy atom. The van der Waals surface area contributed by atoms with Crippen molar-refractivity contribution in [1.29, 1.82) is 0 Å². The summed E-state index contributed by atoms with van der Waals surface area (Å²) >= 11 is 0. The van der Waals surface area contributed by atoms with Gasteiger partial charge in [0.15, 0.2) is 5.78 Å². The van der Waals surface area contributed by atoms with Crippen LogP contribution in [-0.4, -0.2) is 48.9 Å². The molecule has 1 N–H and O–H groups in total. The number of amides is 1. The average molecular weight is 383 g/mol. The van der Waals surface area contributed by atoms with E-state index in [-0.39, 0.29) is 24.1 Å². The first-order valence-electron chi connectivity index (χ1n) is 9.35. The molecule has 0 atom stereocenters. The van der Waals surface area contributed by atoms with E-state index in [0.29, 0.717) is 31.1 Å². The molecule has 0 saturated carbocycles. The summed E-state index contributed by atoms with van der Waals surface area (Å²) in [7, 11) is 0. The van der Waals surface area contributed by atoms with Crippen LogP contribution in [0.5, 0.6) is 5.75 Å². The van der Waals surface area contributed by atoms with Gasteiger partial charge >= 0.3 is 0 Å². The van der Waals surface area contributed by atoms with Gasteiger partial charge in [-0.25, -0.2) is 0 Å². The van der Waals surface area contributed by atoms with Crippen LogP contribution in [0.1, 0.15) is 56.3 Å². The highest BCUT2D eigenvalue weighted by Crippen LogP contribution is 2.16. The number of nitrogens with zero attached hydrogens (tertiary/aromatic N) is 1. The number of ketones is 1. The number of hydrogen-bond donors (Lipinski definition) is 1. The van der Waals surface area contributed by atoms with Gasteiger partial charge in [0.1, 0.15) is 5.75 Å². The van der Waals surface area contributed by atoms with E-state index in [0.717, 1.165) is 44.6 Å². The lowest BCUT2D eigenvalue weighted by Crippen LogP contribution is -2.46. The zero-order valence-corrected chi connectivity index (χ0v) is 16.6. The number of Topliss-reactive ketones (excluding diaryl/α,β-unsaturated/α-hetero) is 1. The second kappa shape index (κ2) is 11.9. The van der Waals surface area contributed by atoms with Crippen LogP contribution in [0.25, 0.3) is 0 Å². The molecule has 26 heavy (non-hydrogen) atoms. The van der Waals surface area contributed by atoms with Crippen molar-refractivity contribution in [2.75, 3.05) is 26.2 Å². The number of carbonyl (C=O) groups is 2. The Labute approximate surface area is 162 Å². The highest BCUT2D eigenvalue weighted by Gasteiger charge is 2.24. The van der Waals surface area contributed by atoms with Gasteiger partial charge in [0.05, 0.1) is 6.61 Å². The molecule has 0 aromatic heterocycles. The quantitative estimate of drug-likeness (QED) is 0.525. The Hall–Kier alpha value is -1.59. The van der Waals surface area contributed by atoms with Gasteiger partial charge in [-0.15, -0.1) is 12.4 Å². The van der Waals surface area contributed by atoms with Gasteiger partial charge in [0, 0.05) is 24.6 Å². The average Bonchev–Trinajstić information content (AvgIpc) is 2.64. The van der Waals surface area contributed by atoms with Crippen LogP contribution in [0.3, 0.4) is 0 Å². The Balaban J connectivity index is 0.00000338. The molecule has 1 aromatic carbocycles. The second-order valence-corrected chi connectivity index (χ2v) is 6.60. The molecule has 1 fully saturated rings. The zero-order valence-electron chi connectivity index (χ0n) is 15.8. The standard InChI is InChI=1S/C20H30N2O3.ClH/c1-3-14-22(18-10-12-21-13-11-18)20(24)5-4-15-25-19-8-6-17(7-9-19)16(2)23;/h6-9,18,21H,3-5,10-15H2,1-2H3;1H. The summed E-state index contributed by atoms with van der Waals surface area (Å²) in [6, 6.07) is 7.52. The van der Waals surface area contributed by atoms with Gasteiger partial charge in [0.25, 0.3) is 0 Å². The van der Waals surface area contributed by atoms with E-state index in [1.807, 2.05) is 0 Å². The first-order chi connectivity index (χ1) is 12.1. The van der Waals surface area contributed by atoms with Crippen molar-refractivity contribution in [1.82, 2.24) is 10.2 Å². The van der Waals surface area contributed by atoms with E-state index in [9.17, 15) is 9.59 Å². The summed E-state index contributed by atoms with van der Waals surface area (Å²) < 4.78 is 5.68. The Morgan fingerprint density at radius 3 is 2.42 bits per heavy atom. The third-order valence-corrected chi connectivity index (χ3v) is 4.60. The smallest absolute Gasteiger partial charge is 0.222 e. The monoisotopic (exact) mass is 382 g/mol. The number of halogens is 1. The molecule has 0 spiro atoms. The minimum absolute atomic E-state index is 0. The third-order valence-electron chi connectivity index (χ3n) is 4.60. The Kier molecular flexibility index (Phi) is 10.3. The maximum absolute atomic E-state index is 12.6. The molecule has 146 valence electrons. The van der Waals surface area contributed by atoms with Crippen LogP contribution >= 0.6 is 12.4 Å². The fourth-order valence-corrected chi connectivity index (χ4v) is 3.21. The van der Waals surface area contributed by atoms with Gasteiger partial charge in [0.2, 0.25) is 5.91 Å². The van der Waals surface area contributed by atoms with Crippen molar-refractivity contribution in [3.8, 4) is 5.75 Å². The highest BCUT2D eigenvalue weighted by molar-refractivity contribution is 5.94. The maximum Gasteiger partial charge on any atom is 0.222 e. The number of nitrogens with one attached hydrogen (secondary N) is 1. The highest BCUT2D eigenvalue weighted by atomic mass is 35.5.